The van der Waals surface area contributed by atoms with Crippen LogP contribution in [0.1, 0.15) is 17.3 Å². The van der Waals surface area contributed by atoms with Crippen LogP contribution in [0.3, 0.4) is 0 Å². The average Bonchev–Trinajstić information content (AvgIpc) is 2.55. The SMILES string of the molecule is CC(Oc1ccccc1Cl)C(=O)NNC(=O)c1ccc(Cl)cc1. The molecule has 0 radical (unpaired) electrons. The molecule has 0 aliphatic heterocycles. The summed E-state index contributed by atoms with van der Waals surface area (Å²) >= 11 is 11.7. The van der Waals surface area contributed by atoms with E-state index in [1.807, 2.05) is 0 Å². The number of hydrogen-bond acceptors (Lipinski definition) is 3. The van der Waals surface area contributed by atoms with Gasteiger partial charge in [-0.05, 0) is 43.3 Å². The first-order valence-corrected chi connectivity index (χ1v) is 7.50. The van der Waals surface area contributed by atoms with Gasteiger partial charge in [0.05, 0.1) is 5.02 Å². The third-order valence-corrected chi connectivity index (χ3v) is 3.48. The van der Waals surface area contributed by atoms with Gasteiger partial charge in [-0.1, -0.05) is 35.3 Å². The molecular formula is C16H14Cl2N2O3. The van der Waals surface area contributed by atoms with Crippen molar-refractivity contribution in [1.82, 2.24) is 10.9 Å². The molecule has 23 heavy (non-hydrogen) atoms. The van der Waals surface area contributed by atoms with E-state index < -0.39 is 17.9 Å². The molecule has 7 heteroatoms. The van der Waals surface area contributed by atoms with Crippen molar-refractivity contribution in [3.63, 3.8) is 0 Å². The van der Waals surface area contributed by atoms with Crippen LogP contribution in [0.5, 0.6) is 5.75 Å². The maximum Gasteiger partial charge on any atom is 0.279 e. The van der Waals surface area contributed by atoms with Crippen LogP contribution in [0.25, 0.3) is 0 Å². The molecule has 2 N–H and O–H groups in total. The second-order valence-corrected chi connectivity index (χ2v) is 5.48. The van der Waals surface area contributed by atoms with Crippen molar-refractivity contribution in [2.24, 2.45) is 0 Å². The highest BCUT2D eigenvalue weighted by molar-refractivity contribution is 6.32. The number of carbonyl (C=O) groups is 2. The Kier molecular flexibility index (Phi) is 5.84. The number of rotatable bonds is 4. The first kappa shape index (κ1) is 17.1. The summed E-state index contributed by atoms with van der Waals surface area (Å²) < 4.78 is 5.45. The standard InChI is InChI=1S/C16H14Cl2N2O3/c1-10(23-14-5-3-2-4-13(14)18)15(21)19-20-16(22)11-6-8-12(17)9-7-11/h2-10H,1H3,(H,19,21)(H,20,22). The van der Waals surface area contributed by atoms with Gasteiger partial charge in [-0.25, -0.2) is 0 Å². The monoisotopic (exact) mass is 352 g/mol. The second kappa shape index (κ2) is 7.85. The number of hydrazine groups is 1. The van der Waals surface area contributed by atoms with E-state index in [1.165, 1.54) is 0 Å². The summed E-state index contributed by atoms with van der Waals surface area (Å²) in [6.45, 7) is 1.55. The van der Waals surface area contributed by atoms with E-state index in [0.29, 0.717) is 21.4 Å². The van der Waals surface area contributed by atoms with Crippen molar-refractivity contribution >= 4 is 35.0 Å². The molecule has 0 bridgehead atoms. The summed E-state index contributed by atoms with van der Waals surface area (Å²) in [6.07, 6.45) is -0.833. The first-order valence-electron chi connectivity index (χ1n) is 6.74. The zero-order chi connectivity index (χ0) is 16.8. The lowest BCUT2D eigenvalue weighted by Crippen LogP contribution is -2.47. The van der Waals surface area contributed by atoms with E-state index in [2.05, 4.69) is 10.9 Å². The third kappa shape index (κ3) is 4.87. The lowest BCUT2D eigenvalue weighted by atomic mass is 10.2. The van der Waals surface area contributed by atoms with Gasteiger partial charge in [0.2, 0.25) is 0 Å². The van der Waals surface area contributed by atoms with Crippen LogP contribution < -0.4 is 15.6 Å². The molecule has 0 saturated heterocycles. The van der Waals surface area contributed by atoms with Gasteiger partial charge in [0.15, 0.2) is 6.10 Å². The largest absolute Gasteiger partial charge is 0.479 e. The average molecular weight is 353 g/mol. The smallest absolute Gasteiger partial charge is 0.279 e. The molecule has 0 fully saturated rings. The summed E-state index contributed by atoms with van der Waals surface area (Å²) in [7, 11) is 0. The molecule has 0 spiro atoms. The fraction of sp³-hybridized carbons (Fsp3) is 0.125. The van der Waals surface area contributed by atoms with Gasteiger partial charge in [-0.2, -0.15) is 0 Å². The highest BCUT2D eigenvalue weighted by Crippen LogP contribution is 2.24. The Morgan fingerprint density at radius 1 is 1.00 bits per heavy atom. The van der Waals surface area contributed by atoms with Crippen molar-refractivity contribution in [1.29, 1.82) is 0 Å². The quantitative estimate of drug-likeness (QED) is 0.830. The van der Waals surface area contributed by atoms with E-state index in [4.69, 9.17) is 27.9 Å². The Hall–Kier alpha value is -2.24. The summed E-state index contributed by atoms with van der Waals surface area (Å²) in [5, 5.41) is 0.921. The molecule has 0 heterocycles. The summed E-state index contributed by atoms with van der Waals surface area (Å²) in [5.41, 5.74) is 4.97. The molecule has 0 aliphatic carbocycles. The lowest BCUT2D eigenvalue weighted by Gasteiger charge is -2.15. The molecule has 1 atom stereocenters. The van der Waals surface area contributed by atoms with Crippen molar-refractivity contribution in [2.45, 2.75) is 13.0 Å². The Balaban J connectivity index is 1.87. The Labute approximate surface area is 143 Å². The van der Waals surface area contributed by atoms with Crippen LogP contribution in [0.15, 0.2) is 48.5 Å². The number of benzene rings is 2. The predicted molar refractivity (Wildman–Crippen MR) is 88.6 cm³/mol. The van der Waals surface area contributed by atoms with Crippen LogP contribution in [-0.2, 0) is 4.79 Å². The van der Waals surface area contributed by atoms with Gasteiger partial charge in [-0.3, -0.25) is 20.4 Å². The van der Waals surface area contributed by atoms with Gasteiger partial charge in [0.1, 0.15) is 5.75 Å². The minimum absolute atomic E-state index is 0.370. The zero-order valence-corrected chi connectivity index (χ0v) is 13.7. The van der Waals surface area contributed by atoms with E-state index in [0.717, 1.165) is 0 Å². The number of ether oxygens (including phenoxy) is 1. The number of halogens is 2. The fourth-order valence-corrected chi connectivity index (χ4v) is 1.98. The van der Waals surface area contributed by atoms with Crippen LogP contribution in [0.2, 0.25) is 10.0 Å². The summed E-state index contributed by atoms with van der Waals surface area (Å²) in [4.78, 5) is 23.8. The predicted octanol–water partition coefficient (Wildman–Crippen LogP) is 3.22. The molecule has 0 aromatic heterocycles. The van der Waals surface area contributed by atoms with Crippen molar-refractivity contribution in [2.75, 3.05) is 0 Å². The molecule has 2 rings (SSSR count). The molecule has 0 aliphatic rings. The van der Waals surface area contributed by atoms with Crippen LogP contribution >= 0.6 is 23.2 Å². The van der Waals surface area contributed by atoms with E-state index in [-0.39, 0.29) is 0 Å². The maximum atomic E-state index is 11.9. The topological polar surface area (TPSA) is 67.4 Å². The molecule has 1 unspecified atom stereocenters. The molecule has 5 nitrogen and oxygen atoms in total. The van der Waals surface area contributed by atoms with Gasteiger partial charge in [0.25, 0.3) is 11.8 Å². The van der Waals surface area contributed by atoms with Gasteiger partial charge in [0, 0.05) is 10.6 Å². The third-order valence-electron chi connectivity index (χ3n) is 2.92. The maximum absolute atomic E-state index is 11.9. The van der Waals surface area contributed by atoms with Gasteiger partial charge < -0.3 is 4.74 Å². The number of carbonyl (C=O) groups excluding carboxylic acids is 2. The van der Waals surface area contributed by atoms with Crippen LogP contribution in [0.4, 0.5) is 0 Å². The number of para-hydroxylation sites is 1. The van der Waals surface area contributed by atoms with Crippen LogP contribution in [0, 0.1) is 0 Å². The lowest BCUT2D eigenvalue weighted by molar-refractivity contribution is -0.128. The van der Waals surface area contributed by atoms with Gasteiger partial charge >= 0.3 is 0 Å². The highest BCUT2D eigenvalue weighted by atomic mass is 35.5. The zero-order valence-electron chi connectivity index (χ0n) is 12.2. The van der Waals surface area contributed by atoms with E-state index in [1.54, 1.807) is 55.5 Å². The van der Waals surface area contributed by atoms with Gasteiger partial charge in [-0.15, -0.1) is 0 Å². The van der Waals surface area contributed by atoms with Crippen LogP contribution in [-0.4, -0.2) is 17.9 Å². The minimum atomic E-state index is -0.833. The summed E-state index contributed by atoms with van der Waals surface area (Å²) in [6, 6.07) is 13.1. The summed E-state index contributed by atoms with van der Waals surface area (Å²) in [5.74, 6) is -0.576. The van der Waals surface area contributed by atoms with Crippen molar-refractivity contribution in [3.05, 3.63) is 64.1 Å². The number of hydrogen-bond donors (Lipinski definition) is 2. The molecular weight excluding hydrogens is 339 g/mol. The van der Waals surface area contributed by atoms with E-state index >= 15 is 0 Å². The second-order valence-electron chi connectivity index (χ2n) is 4.64. The van der Waals surface area contributed by atoms with E-state index in [9.17, 15) is 9.59 Å². The molecule has 0 saturated carbocycles. The fourth-order valence-electron chi connectivity index (χ4n) is 1.68. The number of amides is 2. The molecule has 2 aromatic rings. The molecule has 2 amide bonds. The normalized spacial score (nSPS) is 11.4. The Morgan fingerprint density at radius 3 is 2.30 bits per heavy atom. The van der Waals surface area contributed by atoms with Crippen molar-refractivity contribution < 1.29 is 14.3 Å². The Morgan fingerprint density at radius 2 is 1.65 bits per heavy atom. The highest BCUT2D eigenvalue weighted by Gasteiger charge is 2.17. The number of nitrogens with one attached hydrogen (secondary N) is 2. The molecule has 120 valence electrons. The molecule has 2 aromatic carbocycles. The first-order chi connectivity index (χ1) is 11.0. The Bertz CT molecular complexity index is 705. The van der Waals surface area contributed by atoms with Crippen molar-refractivity contribution in [3.8, 4) is 5.75 Å². The minimum Gasteiger partial charge on any atom is -0.479 e.